The minimum Gasteiger partial charge on any atom is -0.378 e. The number of thioether (sulfide) groups is 1. The number of aliphatic imine (C=N–C) groups is 1. The normalized spacial score (nSPS) is 17.4. The van der Waals surface area contributed by atoms with Gasteiger partial charge in [0.05, 0.1) is 11.8 Å². The van der Waals surface area contributed by atoms with E-state index in [9.17, 15) is 0 Å². The Morgan fingerprint density at radius 1 is 1.05 bits per heavy atom. The lowest BCUT2D eigenvalue weighted by atomic mass is 10.1. The second kappa shape index (κ2) is 6.22. The Morgan fingerprint density at radius 3 is 2.43 bits per heavy atom. The van der Waals surface area contributed by atoms with Crippen LogP contribution in [0.4, 0.5) is 11.4 Å². The van der Waals surface area contributed by atoms with E-state index in [-0.39, 0.29) is 0 Å². The smallest absolute Gasteiger partial charge is 0.161 e. The molecule has 0 radical (unpaired) electrons. The molecule has 4 heteroatoms. The third-order valence-corrected chi connectivity index (χ3v) is 4.62. The van der Waals surface area contributed by atoms with Gasteiger partial charge in [0.15, 0.2) is 5.17 Å². The highest BCUT2D eigenvalue weighted by Crippen LogP contribution is 2.35. The van der Waals surface area contributed by atoms with Crippen LogP contribution in [-0.4, -0.2) is 25.8 Å². The van der Waals surface area contributed by atoms with Crippen LogP contribution >= 0.6 is 11.8 Å². The molecule has 1 atom stereocenters. The van der Waals surface area contributed by atoms with Crippen molar-refractivity contribution in [2.45, 2.75) is 5.25 Å². The van der Waals surface area contributed by atoms with Crippen LogP contribution in [0.15, 0.2) is 59.6 Å². The molecule has 1 aliphatic heterocycles. The average molecular weight is 297 g/mol. The number of anilines is 2. The predicted molar refractivity (Wildman–Crippen MR) is 93.5 cm³/mol. The Hall–Kier alpha value is -1.94. The average Bonchev–Trinajstić information content (AvgIpc) is 2.97. The van der Waals surface area contributed by atoms with Gasteiger partial charge in [0, 0.05) is 25.5 Å². The van der Waals surface area contributed by atoms with Gasteiger partial charge in [0.2, 0.25) is 0 Å². The molecule has 2 aromatic rings. The fourth-order valence-corrected chi connectivity index (χ4v) is 3.29. The number of benzene rings is 2. The molecule has 1 aliphatic rings. The predicted octanol–water partition coefficient (Wildman–Crippen LogP) is 4.01. The number of rotatable bonds is 3. The highest BCUT2D eigenvalue weighted by molar-refractivity contribution is 8.14. The summed E-state index contributed by atoms with van der Waals surface area (Å²) < 4.78 is 0. The fraction of sp³-hybridized carbons (Fsp3) is 0.235. The van der Waals surface area contributed by atoms with Crippen molar-refractivity contribution in [1.82, 2.24) is 0 Å². The van der Waals surface area contributed by atoms with E-state index in [1.165, 1.54) is 11.3 Å². The summed E-state index contributed by atoms with van der Waals surface area (Å²) in [4.78, 5) is 6.70. The summed E-state index contributed by atoms with van der Waals surface area (Å²) in [5.74, 6) is 0. The fourth-order valence-electron chi connectivity index (χ4n) is 2.25. The van der Waals surface area contributed by atoms with Gasteiger partial charge in [0.1, 0.15) is 0 Å². The maximum absolute atomic E-state index is 4.60. The lowest BCUT2D eigenvalue weighted by Gasteiger charge is -2.13. The Labute approximate surface area is 130 Å². The first kappa shape index (κ1) is 14.0. The topological polar surface area (TPSA) is 27.6 Å². The number of hydrogen-bond donors (Lipinski definition) is 1. The number of nitrogens with zero attached hydrogens (tertiary/aromatic N) is 2. The van der Waals surface area contributed by atoms with Gasteiger partial charge < -0.3 is 10.2 Å². The summed E-state index contributed by atoms with van der Waals surface area (Å²) in [7, 11) is 4.09. The molecule has 1 unspecified atom stereocenters. The molecule has 0 saturated heterocycles. The molecule has 0 aromatic heterocycles. The van der Waals surface area contributed by atoms with E-state index >= 15 is 0 Å². The molecule has 21 heavy (non-hydrogen) atoms. The molecule has 3 rings (SSSR count). The van der Waals surface area contributed by atoms with E-state index in [0.717, 1.165) is 17.4 Å². The minimum atomic E-state index is 0.426. The van der Waals surface area contributed by atoms with Crippen LogP contribution in [0.5, 0.6) is 0 Å². The second-order valence-electron chi connectivity index (χ2n) is 5.23. The molecular formula is C17H19N3S. The van der Waals surface area contributed by atoms with E-state index in [1.807, 2.05) is 14.1 Å². The van der Waals surface area contributed by atoms with E-state index in [2.05, 4.69) is 69.8 Å². The maximum Gasteiger partial charge on any atom is 0.161 e. The van der Waals surface area contributed by atoms with Gasteiger partial charge in [0.25, 0.3) is 0 Å². The van der Waals surface area contributed by atoms with E-state index in [0.29, 0.717) is 5.25 Å². The lowest BCUT2D eigenvalue weighted by molar-refractivity contribution is 0.966. The SMILES string of the molecule is CN(C)c1ccc(NC2=NCC(c3ccccc3)S2)cc1. The van der Waals surface area contributed by atoms with Crippen molar-refractivity contribution >= 4 is 28.3 Å². The molecule has 3 nitrogen and oxygen atoms in total. The molecule has 108 valence electrons. The van der Waals surface area contributed by atoms with Gasteiger partial charge in [-0.2, -0.15) is 0 Å². The Morgan fingerprint density at radius 2 is 1.76 bits per heavy atom. The molecule has 0 bridgehead atoms. The zero-order chi connectivity index (χ0) is 14.7. The van der Waals surface area contributed by atoms with E-state index < -0.39 is 0 Å². The van der Waals surface area contributed by atoms with Crippen molar-refractivity contribution in [3.8, 4) is 0 Å². The van der Waals surface area contributed by atoms with Crippen LogP contribution in [0, 0.1) is 0 Å². The number of nitrogens with one attached hydrogen (secondary N) is 1. The van der Waals surface area contributed by atoms with E-state index in [1.54, 1.807) is 11.8 Å². The van der Waals surface area contributed by atoms with Crippen LogP contribution in [0.2, 0.25) is 0 Å². The van der Waals surface area contributed by atoms with Gasteiger partial charge >= 0.3 is 0 Å². The quantitative estimate of drug-likeness (QED) is 0.927. The summed E-state index contributed by atoms with van der Waals surface area (Å²) in [5.41, 5.74) is 3.62. The molecule has 0 aliphatic carbocycles. The van der Waals surface area contributed by atoms with Gasteiger partial charge in [-0.15, -0.1) is 0 Å². The number of hydrogen-bond acceptors (Lipinski definition) is 4. The molecule has 0 amide bonds. The Balaban J connectivity index is 1.62. The minimum absolute atomic E-state index is 0.426. The van der Waals surface area contributed by atoms with Crippen molar-refractivity contribution in [3.05, 3.63) is 60.2 Å². The van der Waals surface area contributed by atoms with Crippen molar-refractivity contribution in [3.63, 3.8) is 0 Å². The van der Waals surface area contributed by atoms with Gasteiger partial charge in [-0.25, -0.2) is 0 Å². The Bertz CT molecular complexity index is 620. The summed E-state index contributed by atoms with van der Waals surface area (Å²) >= 11 is 1.80. The summed E-state index contributed by atoms with van der Waals surface area (Å²) in [6.07, 6.45) is 0. The standard InChI is InChI=1S/C17H19N3S/c1-20(2)15-10-8-14(9-11-15)19-17-18-12-16(21-17)13-6-4-3-5-7-13/h3-11,16H,12H2,1-2H3,(H,18,19). The molecule has 2 aromatic carbocycles. The van der Waals surface area contributed by atoms with Crippen molar-refractivity contribution in [2.24, 2.45) is 4.99 Å². The van der Waals surface area contributed by atoms with Crippen molar-refractivity contribution < 1.29 is 0 Å². The van der Waals surface area contributed by atoms with Crippen LogP contribution in [0.1, 0.15) is 10.8 Å². The van der Waals surface area contributed by atoms with Gasteiger partial charge in [-0.05, 0) is 29.8 Å². The largest absolute Gasteiger partial charge is 0.378 e. The van der Waals surface area contributed by atoms with Gasteiger partial charge in [-0.3, -0.25) is 4.99 Å². The first-order chi connectivity index (χ1) is 10.2. The zero-order valence-corrected chi connectivity index (χ0v) is 13.1. The van der Waals surface area contributed by atoms with Crippen LogP contribution in [0.3, 0.4) is 0 Å². The second-order valence-corrected chi connectivity index (χ2v) is 6.42. The molecule has 1 heterocycles. The Kier molecular flexibility index (Phi) is 4.15. The summed E-state index contributed by atoms with van der Waals surface area (Å²) in [6, 6.07) is 19.0. The third-order valence-electron chi connectivity index (χ3n) is 3.46. The van der Waals surface area contributed by atoms with Crippen LogP contribution in [-0.2, 0) is 0 Å². The molecule has 0 spiro atoms. The van der Waals surface area contributed by atoms with Crippen molar-refractivity contribution in [2.75, 3.05) is 30.9 Å². The van der Waals surface area contributed by atoms with Crippen molar-refractivity contribution in [1.29, 1.82) is 0 Å². The number of amidine groups is 1. The molecular weight excluding hydrogens is 278 g/mol. The molecule has 1 N–H and O–H groups in total. The van der Waals surface area contributed by atoms with Crippen LogP contribution in [0.25, 0.3) is 0 Å². The first-order valence-corrected chi connectivity index (χ1v) is 7.91. The van der Waals surface area contributed by atoms with E-state index in [4.69, 9.17) is 0 Å². The van der Waals surface area contributed by atoms with Crippen LogP contribution < -0.4 is 10.2 Å². The zero-order valence-electron chi connectivity index (χ0n) is 12.3. The highest BCUT2D eigenvalue weighted by Gasteiger charge is 2.21. The third kappa shape index (κ3) is 3.39. The van der Waals surface area contributed by atoms with Gasteiger partial charge in [-0.1, -0.05) is 42.1 Å². The first-order valence-electron chi connectivity index (χ1n) is 7.03. The molecule has 0 fully saturated rings. The monoisotopic (exact) mass is 297 g/mol. The summed E-state index contributed by atoms with van der Waals surface area (Å²) in [6.45, 7) is 0.840. The highest BCUT2D eigenvalue weighted by atomic mass is 32.2. The maximum atomic E-state index is 4.60. The molecule has 0 saturated carbocycles. The summed E-state index contributed by atoms with van der Waals surface area (Å²) in [5, 5.41) is 4.83. The lowest BCUT2D eigenvalue weighted by Crippen LogP contribution is -2.09.